The van der Waals surface area contributed by atoms with Gasteiger partial charge in [0.15, 0.2) is 0 Å². The van der Waals surface area contributed by atoms with Crippen LogP contribution in [0.25, 0.3) is 0 Å². The number of carbonyl (C=O) groups excluding carboxylic acids is 2. The van der Waals surface area contributed by atoms with Gasteiger partial charge in [-0.15, -0.1) is 0 Å². The summed E-state index contributed by atoms with van der Waals surface area (Å²) >= 11 is 0.179. The van der Waals surface area contributed by atoms with Gasteiger partial charge in [-0.05, 0) is 0 Å². The first kappa shape index (κ1) is 14.7. The van der Waals surface area contributed by atoms with Gasteiger partial charge in [0.05, 0.1) is 0 Å². The van der Waals surface area contributed by atoms with Crippen LogP contribution in [0.5, 0.6) is 0 Å². The normalized spacial score (nSPS) is 11.6. The molecule has 98 valence electrons. The first-order chi connectivity index (χ1) is 8.76. The molecular weight excluding hydrogens is 299 g/mol. The van der Waals surface area contributed by atoms with Gasteiger partial charge >= 0.3 is 113 Å². The average molecular weight is 315 g/mol. The molecule has 0 aliphatic rings. The summed E-state index contributed by atoms with van der Waals surface area (Å²) in [5.41, 5.74) is 0. The molecule has 0 bridgehead atoms. The van der Waals surface area contributed by atoms with E-state index in [2.05, 4.69) is 4.74 Å². The first-order valence-corrected chi connectivity index (χ1v) is 7.47. The van der Waals surface area contributed by atoms with Crippen LogP contribution in [0.4, 0.5) is 4.79 Å². The van der Waals surface area contributed by atoms with Crippen LogP contribution in [-0.2, 0) is 14.3 Å². The summed E-state index contributed by atoms with van der Waals surface area (Å²) in [5.74, 6) is 0. The van der Waals surface area contributed by atoms with Gasteiger partial charge in [-0.2, -0.15) is 0 Å². The van der Waals surface area contributed by atoms with Gasteiger partial charge in [0.1, 0.15) is 0 Å². The van der Waals surface area contributed by atoms with Gasteiger partial charge in [0.25, 0.3) is 0 Å². The molecule has 0 radical (unpaired) electrons. The minimum atomic E-state index is -0.671. The second kappa shape index (κ2) is 8.72. The van der Waals surface area contributed by atoms with Crippen LogP contribution >= 0.6 is 0 Å². The average Bonchev–Trinajstić information content (AvgIpc) is 2.42. The molecule has 0 aromatic heterocycles. The van der Waals surface area contributed by atoms with Crippen LogP contribution in [0.15, 0.2) is 30.3 Å². The Morgan fingerprint density at radius 3 is 2.72 bits per heavy atom. The number of benzene rings is 1. The molecule has 18 heavy (non-hydrogen) atoms. The van der Waals surface area contributed by atoms with Crippen LogP contribution in [0.3, 0.4) is 0 Å². The Bertz CT molecular complexity index is 367. The molecule has 0 amide bonds. The summed E-state index contributed by atoms with van der Waals surface area (Å²) in [4.78, 5) is 21.6. The van der Waals surface area contributed by atoms with E-state index in [0.29, 0.717) is 13.0 Å². The van der Waals surface area contributed by atoms with Gasteiger partial charge in [0.2, 0.25) is 0 Å². The second-order valence-electron chi connectivity index (χ2n) is 3.56. The second-order valence-corrected chi connectivity index (χ2v) is 6.44. The van der Waals surface area contributed by atoms with Crippen LogP contribution in [0, 0.1) is 0 Å². The first-order valence-electron chi connectivity index (χ1n) is 5.62. The van der Waals surface area contributed by atoms with Gasteiger partial charge in [-0.25, -0.2) is 0 Å². The van der Waals surface area contributed by atoms with Crippen LogP contribution in [0.1, 0.15) is 12.8 Å². The maximum atomic E-state index is 10.9. The zero-order chi connectivity index (χ0) is 13.2. The van der Waals surface area contributed by atoms with Crippen LogP contribution in [0.2, 0.25) is 4.82 Å². The molecule has 0 saturated heterocycles. The van der Waals surface area contributed by atoms with Gasteiger partial charge < -0.3 is 0 Å². The number of hydrogen-bond donors (Lipinski definition) is 0. The summed E-state index contributed by atoms with van der Waals surface area (Å²) in [6, 6.07) is 10.0. The molecule has 5 heteroatoms. The third kappa shape index (κ3) is 5.84. The number of ether oxygens (including phenoxy) is 2. The monoisotopic (exact) mass is 316 g/mol. The van der Waals surface area contributed by atoms with Gasteiger partial charge in [-0.1, -0.05) is 0 Å². The van der Waals surface area contributed by atoms with Crippen molar-refractivity contribution >= 4 is 31.9 Å². The van der Waals surface area contributed by atoms with Crippen molar-refractivity contribution in [1.29, 1.82) is 0 Å². The molecule has 1 aromatic rings. The molecule has 0 N–H and O–H groups in total. The van der Waals surface area contributed by atoms with E-state index in [0.717, 1.165) is 12.7 Å². The van der Waals surface area contributed by atoms with Crippen LogP contribution in [-0.4, -0.2) is 41.1 Å². The number of hydrogen-bond acceptors (Lipinski definition) is 4. The third-order valence-electron chi connectivity index (χ3n) is 2.21. The van der Waals surface area contributed by atoms with E-state index in [1.165, 1.54) is 11.6 Å². The van der Waals surface area contributed by atoms with Crippen LogP contribution < -0.4 is 4.46 Å². The summed E-state index contributed by atoms with van der Waals surface area (Å²) in [6.45, 7) is 0.301. The molecule has 1 aromatic carbocycles. The minimum absolute atomic E-state index is 0.179. The van der Waals surface area contributed by atoms with E-state index >= 15 is 0 Å². The molecule has 0 fully saturated rings. The summed E-state index contributed by atoms with van der Waals surface area (Å²) < 4.78 is 10.6. The molecular formula is C13H16O4Se. The standard InChI is InChI=1S/C13H16O4Se/c1-16-13(15)17-10-12(8-5-9-14)18-11-6-3-2-4-7-11/h2-4,6-7,9,12H,5,8,10H2,1H3. The molecule has 0 spiro atoms. The molecule has 0 aliphatic carbocycles. The Morgan fingerprint density at radius 2 is 2.11 bits per heavy atom. The number of methoxy groups -OCH3 is 1. The molecule has 0 aliphatic heterocycles. The Balaban J connectivity index is 2.49. The van der Waals surface area contributed by atoms with E-state index in [1.807, 2.05) is 30.3 Å². The van der Waals surface area contributed by atoms with E-state index in [-0.39, 0.29) is 19.8 Å². The molecule has 0 saturated carbocycles. The van der Waals surface area contributed by atoms with Crippen molar-refractivity contribution < 1.29 is 19.1 Å². The molecule has 1 rings (SSSR count). The summed E-state index contributed by atoms with van der Waals surface area (Å²) in [7, 11) is 1.28. The maximum absolute atomic E-state index is 10.9. The molecule has 4 nitrogen and oxygen atoms in total. The fourth-order valence-corrected chi connectivity index (χ4v) is 3.63. The third-order valence-corrected chi connectivity index (χ3v) is 4.83. The Labute approximate surface area is 113 Å². The Morgan fingerprint density at radius 1 is 1.39 bits per heavy atom. The molecule has 1 unspecified atom stereocenters. The fraction of sp³-hybridized carbons (Fsp3) is 0.385. The van der Waals surface area contributed by atoms with E-state index in [9.17, 15) is 9.59 Å². The Hall–Kier alpha value is -1.32. The van der Waals surface area contributed by atoms with Crippen molar-refractivity contribution in [3.05, 3.63) is 30.3 Å². The fourth-order valence-electron chi connectivity index (χ4n) is 1.34. The van der Waals surface area contributed by atoms with Gasteiger partial charge in [-0.3, -0.25) is 0 Å². The van der Waals surface area contributed by atoms with Crippen molar-refractivity contribution in [3.8, 4) is 0 Å². The zero-order valence-corrected chi connectivity index (χ0v) is 11.9. The van der Waals surface area contributed by atoms with Crippen molar-refractivity contribution in [2.24, 2.45) is 0 Å². The van der Waals surface area contributed by atoms with Crippen molar-refractivity contribution in [1.82, 2.24) is 0 Å². The van der Waals surface area contributed by atoms with Crippen molar-refractivity contribution in [2.75, 3.05) is 13.7 Å². The number of rotatable bonds is 7. The summed E-state index contributed by atoms with van der Waals surface area (Å²) in [6.07, 6.45) is 1.45. The van der Waals surface area contributed by atoms with Crippen molar-refractivity contribution in [2.45, 2.75) is 17.7 Å². The van der Waals surface area contributed by atoms with E-state index in [4.69, 9.17) is 4.74 Å². The topological polar surface area (TPSA) is 52.6 Å². The quantitative estimate of drug-likeness (QED) is 0.435. The van der Waals surface area contributed by atoms with Gasteiger partial charge in [0, 0.05) is 0 Å². The SMILES string of the molecule is COC(=O)OCC(CCC=O)[Se]c1ccccc1. The predicted molar refractivity (Wildman–Crippen MR) is 69.2 cm³/mol. The Kier molecular flexibility index (Phi) is 7.14. The van der Waals surface area contributed by atoms with Crippen molar-refractivity contribution in [3.63, 3.8) is 0 Å². The van der Waals surface area contributed by atoms with E-state index < -0.39 is 6.16 Å². The van der Waals surface area contributed by atoms with E-state index in [1.54, 1.807) is 0 Å². The predicted octanol–water partition coefficient (Wildman–Crippen LogP) is 1.57. The molecule has 1 atom stereocenters. The zero-order valence-electron chi connectivity index (χ0n) is 10.2. The number of carbonyl (C=O) groups is 2. The molecule has 0 heterocycles. The summed E-state index contributed by atoms with van der Waals surface area (Å²) in [5, 5.41) is 0. The number of aldehydes is 1.